The number of unbranched alkanes of at least 4 members (excludes halogenated alkanes) is 21. The lowest BCUT2D eigenvalue weighted by Gasteiger charge is -2.30. The zero-order valence-corrected chi connectivity index (χ0v) is 49.1. The lowest BCUT2D eigenvalue weighted by atomic mass is 10.1. The Hall–Kier alpha value is -3.33. The molecule has 1 N–H and O–H groups in total. The summed E-state index contributed by atoms with van der Waals surface area (Å²) in [6.07, 6.45) is 72.1. The Bertz CT molecular complexity index is 1640. The van der Waals surface area contributed by atoms with Crippen molar-refractivity contribution in [3.8, 4) is 0 Å². The highest BCUT2D eigenvalue weighted by Crippen LogP contribution is 2.38. The number of phosphoric ester groups is 1. The molecule has 0 saturated heterocycles. The molecule has 0 aliphatic heterocycles. The van der Waals surface area contributed by atoms with Gasteiger partial charge >= 0.3 is 5.97 Å². The third-order valence-corrected chi connectivity index (χ3v) is 13.4. The van der Waals surface area contributed by atoms with Crippen molar-refractivity contribution < 1.29 is 37.3 Å². The first-order valence-corrected chi connectivity index (χ1v) is 31.2. The third kappa shape index (κ3) is 53.5. The molecule has 9 nitrogen and oxygen atoms in total. The lowest BCUT2D eigenvalue weighted by Crippen LogP contribution is -2.47. The van der Waals surface area contributed by atoms with Gasteiger partial charge in [-0.1, -0.05) is 220 Å². The molecule has 0 aliphatic carbocycles. The largest absolute Gasteiger partial charge is 0.756 e. The third-order valence-electron chi connectivity index (χ3n) is 12.5. The van der Waals surface area contributed by atoms with Crippen LogP contribution in [0.4, 0.5) is 0 Å². The topological polar surface area (TPSA) is 114 Å². The minimum atomic E-state index is -4.72. The van der Waals surface area contributed by atoms with Crippen molar-refractivity contribution in [1.82, 2.24) is 5.32 Å². The van der Waals surface area contributed by atoms with Gasteiger partial charge in [-0.2, -0.15) is 0 Å². The van der Waals surface area contributed by atoms with Crippen LogP contribution in [0.15, 0.2) is 109 Å². The van der Waals surface area contributed by atoms with Crippen LogP contribution in [-0.4, -0.2) is 69.4 Å². The van der Waals surface area contributed by atoms with Gasteiger partial charge in [-0.05, 0) is 109 Å². The van der Waals surface area contributed by atoms with Crippen LogP contribution in [0, 0.1) is 0 Å². The summed E-state index contributed by atoms with van der Waals surface area (Å²) in [6, 6.07) is -0.926. The highest BCUT2D eigenvalue weighted by atomic mass is 31.2. The number of allylic oxidation sites excluding steroid dienone is 17. The summed E-state index contributed by atoms with van der Waals surface area (Å²) in [5, 5.41) is 2.99. The van der Waals surface area contributed by atoms with Crippen molar-refractivity contribution in [1.29, 1.82) is 0 Å². The Balaban J connectivity index is 5.41. The number of quaternary nitrogens is 1. The molecule has 0 bridgehead atoms. The van der Waals surface area contributed by atoms with Gasteiger partial charge in [-0.3, -0.25) is 14.2 Å². The fraction of sp³-hybridized carbons (Fsp3) is 0.688. The number of hydrogen-bond acceptors (Lipinski definition) is 7. The monoisotopic (exact) mass is 1050 g/mol. The molecule has 0 spiro atoms. The molecule has 0 fully saturated rings. The van der Waals surface area contributed by atoms with Crippen LogP contribution in [-0.2, 0) is 27.9 Å². The number of amides is 1. The molecular formula is C64H111N2O7P. The second kappa shape index (κ2) is 53.1. The standard InChI is InChI=1S/C64H111N2O7P/c1-7-10-13-16-19-22-25-27-29-31-32-33-34-35-37-39-42-45-48-51-54-57-64(68)73-62(55-52-49-46-43-40-24-21-18-15-12-9-3)61(60-72-74(69,70)71-59-58-66(4,5)6)65-63(67)56-53-50-47-44-41-38-36-30-28-26-23-20-17-14-11-8-2/h10,13,19,22,27,29-30,32-33,35-38,41-42,45,52,55,61-62H,7-9,11-12,14-18,20-21,23-26,28,31,34,39-40,43-44,46-51,53-54,56-60H2,1-6H3,(H-,65,67,69,70)/b13-10-,22-19-,29-27-,33-32-,36-30+,37-35-,41-38+,45-42-,55-52+. The van der Waals surface area contributed by atoms with E-state index in [2.05, 4.69) is 123 Å². The second-order valence-electron chi connectivity index (χ2n) is 20.8. The van der Waals surface area contributed by atoms with Crippen LogP contribution < -0.4 is 10.2 Å². The Morgan fingerprint density at radius 3 is 1.39 bits per heavy atom. The highest BCUT2D eigenvalue weighted by Gasteiger charge is 2.27. The summed E-state index contributed by atoms with van der Waals surface area (Å²) in [5.74, 6) is -0.631. The molecule has 0 saturated carbocycles. The fourth-order valence-corrected chi connectivity index (χ4v) is 8.59. The number of carbonyl (C=O) groups is 2. The molecule has 3 atom stereocenters. The number of esters is 1. The summed E-state index contributed by atoms with van der Waals surface area (Å²) in [6.45, 7) is 6.65. The molecule has 74 heavy (non-hydrogen) atoms. The number of nitrogens with one attached hydrogen (secondary N) is 1. The van der Waals surface area contributed by atoms with Crippen LogP contribution in [0.5, 0.6) is 0 Å². The van der Waals surface area contributed by atoms with E-state index in [0.29, 0.717) is 23.9 Å². The number of rotatable bonds is 52. The number of phosphoric acid groups is 1. The molecular weight excluding hydrogens is 940 g/mol. The maximum Gasteiger partial charge on any atom is 0.306 e. The predicted octanol–water partition coefficient (Wildman–Crippen LogP) is 17.5. The molecule has 0 radical (unpaired) electrons. The van der Waals surface area contributed by atoms with Crippen LogP contribution in [0.25, 0.3) is 0 Å². The first-order chi connectivity index (χ1) is 35.9. The van der Waals surface area contributed by atoms with E-state index in [1.54, 1.807) is 6.08 Å². The van der Waals surface area contributed by atoms with E-state index >= 15 is 0 Å². The van der Waals surface area contributed by atoms with Gasteiger partial charge in [0.1, 0.15) is 19.3 Å². The van der Waals surface area contributed by atoms with E-state index in [1.807, 2.05) is 27.2 Å². The first kappa shape index (κ1) is 70.7. The predicted molar refractivity (Wildman–Crippen MR) is 316 cm³/mol. The quantitative estimate of drug-likeness (QED) is 0.0161. The van der Waals surface area contributed by atoms with Gasteiger partial charge in [-0.25, -0.2) is 0 Å². The molecule has 1 amide bonds. The molecule has 0 aliphatic rings. The maximum atomic E-state index is 13.5. The Morgan fingerprint density at radius 1 is 0.500 bits per heavy atom. The van der Waals surface area contributed by atoms with Gasteiger partial charge in [0, 0.05) is 12.8 Å². The molecule has 0 aromatic rings. The lowest BCUT2D eigenvalue weighted by molar-refractivity contribution is -0.870. The van der Waals surface area contributed by atoms with Gasteiger partial charge in [-0.15, -0.1) is 0 Å². The molecule has 0 heterocycles. The van der Waals surface area contributed by atoms with Crippen molar-refractivity contribution in [3.63, 3.8) is 0 Å². The number of likely N-dealkylation sites (N-methyl/N-ethyl adjacent to an activating group) is 1. The zero-order valence-electron chi connectivity index (χ0n) is 48.3. The van der Waals surface area contributed by atoms with Crippen LogP contribution in [0.2, 0.25) is 0 Å². The average Bonchev–Trinajstić information content (AvgIpc) is 3.36. The van der Waals surface area contributed by atoms with Gasteiger partial charge in [0.05, 0.1) is 33.8 Å². The maximum absolute atomic E-state index is 13.5. The summed E-state index contributed by atoms with van der Waals surface area (Å²) in [7, 11) is 1.13. The smallest absolute Gasteiger partial charge is 0.306 e. The molecule has 424 valence electrons. The minimum absolute atomic E-state index is 0.0400. The highest BCUT2D eigenvalue weighted by molar-refractivity contribution is 7.45. The SMILES string of the molecule is CC/C=C\C/C=C\C/C=C\C/C=C\C/C=C\C/C=C\CCCCC(=O)OC(/C=C/CCCCCCCCCCC)C(COP(=O)([O-])OCC[N+](C)(C)C)NC(=O)CCCCC/C=C/C=C/CCCCCCCCC. The Morgan fingerprint density at radius 2 is 0.905 bits per heavy atom. The summed E-state index contributed by atoms with van der Waals surface area (Å²) in [4.78, 5) is 39.9. The summed E-state index contributed by atoms with van der Waals surface area (Å²) >= 11 is 0. The molecule has 0 aromatic heterocycles. The number of hydrogen-bond donors (Lipinski definition) is 1. The van der Waals surface area contributed by atoms with Gasteiger partial charge < -0.3 is 28.5 Å². The van der Waals surface area contributed by atoms with Crippen LogP contribution in [0.3, 0.4) is 0 Å². The van der Waals surface area contributed by atoms with Crippen LogP contribution in [0.1, 0.15) is 233 Å². The average molecular weight is 1050 g/mol. The van der Waals surface area contributed by atoms with E-state index in [1.165, 1.54) is 89.9 Å². The molecule has 0 rings (SSSR count). The molecule has 3 unspecified atom stereocenters. The summed E-state index contributed by atoms with van der Waals surface area (Å²) < 4.78 is 30.2. The molecule has 10 heteroatoms. The van der Waals surface area contributed by atoms with Crippen molar-refractivity contribution >= 4 is 19.7 Å². The Labute approximate surface area is 455 Å². The van der Waals surface area contributed by atoms with Gasteiger partial charge in [0.25, 0.3) is 7.82 Å². The normalized spacial score (nSPS) is 14.5. The van der Waals surface area contributed by atoms with E-state index in [4.69, 9.17) is 13.8 Å². The zero-order chi connectivity index (χ0) is 54.3. The second-order valence-corrected chi connectivity index (χ2v) is 22.2. The van der Waals surface area contributed by atoms with E-state index in [-0.39, 0.29) is 25.4 Å². The van der Waals surface area contributed by atoms with Crippen molar-refractivity contribution in [2.75, 3.05) is 40.9 Å². The van der Waals surface area contributed by atoms with E-state index in [0.717, 1.165) is 96.3 Å². The van der Waals surface area contributed by atoms with Crippen molar-refractivity contribution in [2.45, 2.75) is 245 Å². The first-order valence-electron chi connectivity index (χ1n) is 29.7. The fourth-order valence-electron chi connectivity index (χ4n) is 7.87. The number of ether oxygens (including phenoxy) is 1. The van der Waals surface area contributed by atoms with Crippen LogP contribution >= 0.6 is 7.82 Å². The number of carbonyl (C=O) groups excluding carboxylic acids is 2. The number of nitrogens with zero attached hydrogens (tertiary/aromatic N) is 1. The molecule has 0 aromatic carbocycles. The van der Waals surface area contributed by atoms with E-state index in [9.17, 15) is 19.0 Å². The van der Waals surface area contributed by atoms with Gasteiger partial charge in [0.2, 0.25) is 5.91 Å². The van der Waals surface area contributed by atoms with Gasteiger partial charge in [0.15, 0.2) is 0 Å². The van der Waals surface area contributed by atoms with E-state index < -0.39 is 32.5 Å². The Kier molecular flexibility index (Phi) is 50.7. The minimum Gasteiger partial charge on any atom is -0.756 e. The van der Waals surface area contributed by atoms with Crippen molar-refractivity contribution in [3.05, 3.63) is 109 Å². The summed E-state index contributed by atoms with van der Waals surface area (Å²) in [5.41, 5.74) is 0. The van der Waals surface area contributed by atoms with Crippen molar-refractivity contribution in [2.24, 2.45) is 0 Å².